The van der Waals surface area contributed by atoms with E-state index in [1.165, 1.54) is 7.05 Å². The average Bonchev–Trinajstić information content (AvgIpc) is 2.32. The number of halogens is 2. The highest BCUT2D eigenvalue weighted by molar-refractivity contribution is 6.36. The van der Waals surface area contributed by atoms with Gasteiger partial charge in [0.25, 0.3) is 0 Å². The number of imide groups is 1. The van der Waals surface area contributed by atoms with E-state index in [0.717, 1.165) is 0 Å². The lowest BCUT2D eigenvalue weighted by Crippen LogP contribution is -2.44. The molecule has 0 spiro atoms. The van der Waals surface area contributed by atoms with E-state index in [-0.39, 0.29) is 0 Å². The Morgan fingerprint density at radius 2 is 1.94 bits per heavy atom. The molecular formula is C11H13Cl2N3O2. The van der Waals surface area contributed by atoms with Crippen molar-refractivity contribution in [2.45, 2.75) is 13.0 Å². The molecule has 18 heavy (non-hydrogen) atoms. The largest absolute Gasteiger partial charge is 0.373 e. The van der Waals surface area contributed by atoms with E-state index in [0.29, 0.717) is 15.7 Å². The summed E-state index contributed by atoms with van der Waals surface area (Å²) >= 11 is 11.7. The Labute approximate surface area is 115 Å². The Balaban J connectivity index is 2.66. The summed E-state index contributed by atoms with van der Waals surface area (Å²) in [5, 5.41) is 8.25. The number of nitrogens with one attached hydrogen (secondary N) is 3. The molecule has 0 bridgehead atoms. The zero-order valence-corrected chi connectivity index (χ0v) is 11.4. The van der Waals surface area contributed by atoms with E-state index in [1.54, 1.807) is 25.1 Å². The molecule has 0 aliphatic carbocycles. The number of benzene rings is 1. The summed E-state index contributed by atoms with van der Waals surface area (Å²) in [5.41, 5.74) is 0.570. The van der Waals surface area contributed by atoms with Crippen LogP contribution in [-0.4, -0.2) is 25.0 Å². The molecule has 3 amide bonds. The van der Waals surface area contributed by atoms with Crippen molar-refractivity contribution in [3.05, 3.63) is 28.2 Å². The SMILES string of the molecule is CNC(=O)NC(=O)C(C)Nc1ccc(Cl)cc1Cl. The van der Waals surface area contributed by atoms with E-state index >= 15 is 0 Å². The second kappa shape index (κ2) is 6.47. The first-order valence-electron chi connectivity index (χ1n) is 5.18. The van der Waals surface area contributed by atoms with Gasteiger partial charge in [0.15, 0.2) is 0 Å². The molecule has 0 heterocycles. The molecule has 5 nitrogen and oxygen atoms in total. The van der Waals surface area contributed by atoms with Crippen LogP contribution in [0.3, 0.4) is 0 Å². The van der Waals surface area contributed by atoms with Gasteiger partial charge in [-0.2, -0.15) is 0 Å². The van der Waals surface area contributed by atoms with Crippen molar-refractivity contribution in [2.24, 2.45) is 0 Å². The maximum atomic E-state index is 11.6. The zero-order chi connectivity index (χ0) is 13.7. The van der Waals surface area contributed by atoms with Crippen molar-refractivity contribution in [3.63, 3.8) is 0 Å². The van der Waals surface area contributed by atoms with Crippen LogP contribution in [0.1, 0.15) is 6.92 Å². The maximum Gasteiger partial charge on any atom is 0.321 e. The number of hydrogen-bond donors (Lipinski definition) is 3. The van der Waals surface area contributed by atoms with E-state index in [1.807, 2.05) is 0 Å². The molecule has 3 N–H and O–H groups in total. The summed E-state index contributed by atoms with van der Waals surface area (Å²) in [5.74, 6) is -0.458. The molecule has 0 fully saturated rings. The number of amides is 3. The van der Waals surface area contributed by atoms with E-state index < -0.39 is 18.0 Å². The average molecular weight is 290 g/mol. The normalized spacial score (nSPS) is 11.6. The van der Waals surface area contributed by atoms with Crippen LogP contribution in [0, 0.1) is 0 Å². The van der Waals surface area contributed by atoms with E-state index in [9.17, 15) is 9.59 Å². The van der Waals surface area contributed by atoms with Crippen molar-refractivity contribution < 1.29 is 9.59 Å². The van der Waals surface area contributed by atoms with Crippen molar-refractivity contribution in [1.29, 1.82) is 0 Å². The molecule has 0 saturated carbocycles. The number of anilines is 1. The van der Waals surface area contributed by atoms with Gasteiger partial charge >= 0.3 is 6.03 Å². The Bertz CT molecular complexity index is 466. The Hall–Kier alpha value is -1.46. The van der Waals surface area contributed by atoms with Crippen LogP contribution in [-0.2, 0) is 4.79 Å². The fraction of sp³-hybridized carbons (Fsp3) is 0.273. The minimum Gasteiger partial charge on any atom is -0.373 e. The molecule has 7 heteroatoms. The maximum absolute atomic E-state index is 11.6. The molecule has 0 aliphatic rings. The first-order chi connectivity index (χ1) is 8.43. The van der Waals surface area contributed by atoms with Gasteiger partial charge in [0, 0.05) is 12.1 Å². The summed E-state index contributed by atoms with van der Waals surface area (Å²) in [6.07, 6.45) is 0. The predicted molar refractivity (Wildman–Crippen MR) is 72.1 cm³/mol. The van der Waals surface area contributed by atoms with Crippen LogP contribution in [0.4, 0.5) is 10.5 Å². The fourth-order valence-electron chi connectivity index (χ4n) is 1.19. The predicted octanol–water partition coefficient (Wildman–Crippen LogP) is 2.25. The topological polar surface area (TPSA) is 70.2 Å². The molecule has 0 aliphatic heterocycles. The first-order valence-corrected chi connectivity index (χ1v) is 5.93. The highest BCUT2D eigenvalue weighted by Gasteiger charge is 2.15. The zero-order valence-electron chi connectivity index (χ0n) is 9.88. The number of hydrogen-bond acceptors (Lipinski definition) is 3. The quantitative estimate of drug-likeness (QED) is 0.799. The number of carbonyl (C=O) groups excluding carboxylic acids is 2. The lowest BCUT2D eigenvalue weighted by atomic mass is 10.2. The lowest BCUT2D eigenvalue weighted by molar-refractivity contribution is -0.120. The van der Waals surface area contributed by atoms with Crippen LogP contribution < -0.4 is 16.0 Å². The molecule has 0 aromatic heterocycles. The molecule has 1 atom stereocenters. The Kier molecular flexibility index (Phi) is 5.25. The fourth-order valence-corrected chi connectivity index (χ4v) is 1.65. The third-order valence-electron chi connectivity index (χ3n) is 2.16. The summed E-state index contributed by atoms with van der Waals surface area (Å²) in [4.78, 5) is 22.6. The molecule has 1 aromatic carbocycles. The molecule has 98 valence electrons. The van der Waals surface area contributed by atoms with E-state index in [2.05, 4.69) is 16.0 Å². The molecule has 0 saturated heterocycles. The second-order valence-corrected chi connectivity index (χ2v) is 4.40. The molecular weight excluding hydrogens is 277 g/mol. The minimum atomic E-state index is -0.610. The third kappa shape index (κ3) is 4.09. The summed E-state index contributed by atoms with van der Waals surface area (Å²) in [6.45, 7) is 1.61. The molecule has 1 aromatic rings. The van der Waals surface area contributed by atoms with Crippen molar-refractivity contribution in [1.82, 2.24) is 10.6 Å². The highest BCUT2D eigenvalue weighted by Crippen LogP contribution is 2.25. The van der Waals surface area contributed by atoms with Crippen molar-refractivity contribution in [3.8, 4) is 0 Å². The number of urea groups is 1. The molecule has 0 radical (unpaired) electrons. The summed E-state index contributed by atoms with van der Waals surface area (Å²) < 4.78 is 0. The number of rotatable bonds is 3. The van der Waals surface area contributed by atoms with Crippen LogP contribution >= 0.6 is 23.2 Å². The number of carbonyl (C=O) groups is 2. The van der Waals surface area contributed by atoms with Crippen LogP contribution in [0.2, 0.25) is 10.0 Å². The van der Waals surface area contributed by atoms with Gasteiger partial charge in [-0.15, -0.1) is 0 Å². The lowest BCUT2D eigenvalue weighted by Gasteiger charge is -2.15. The van der Waals surface area contributed by atoms with Crippen LogP contribution in [0.25, 0.3) is 0 Å². The van der Waals surface area contributed by atoms with Gasteiger partial charge in [0.05, 0.1) is 10.7 Å². The second-order valence-electron chi connectivity index (χ2n) is 3.56. The van der Waals surface area contributed by atoms with Crippen molar-refractivity contribution >= 4 is 40.8 Å². The summed E-state index contributed by atoms with van der Waals surface area (Å²) in [6, 6.07) is 3.71. The van der Waals surface area contributed by atoms with Gasteiger partial charge in [-0.3, -0.25) is 10.1 Å². The first kappa shape index (κ1) is 14.6. The van der Waals surface area contributed by atoms with Crippen LogP contribution in [0.5, 0.6) is 0 Å². The van der Waals surface area contributed by atoms with E-state index in [4.69, 9.17) is 23.2 Å². The van der Waals surface area contributed by atoms with Crippen molar-refractivity contribution in [2.75, 3.05) is 12.4 Å². The van der Waals surface area contributed by atoms with Gasteiger partial charge in [-0.1, -0.05) is 23.2 Å². The third-order valence-corrected chi connectivity index (χ3v) is 2.71. The highest BCUT2D eigenvalue weighted by atomic mass is 35.5. The monoisotopic (exact) mass is 289 g/mol. The minimum absolute atomic E-state index is 0.405. The van der Waals surface area contributed by atoms with Gasteiger partial charge in [-0.25, -0.2) is 4.79 Å². The summed E-state index contributed by atoms with van der Waals surface area (Å²) in [7, 11) is 1.43. The van der Waals surface area contributed by atoms with Gasteiger partial charge in [-0.05, 0) is 25.1 Å². The van der Waals surface area contributed by atoms with Gasteiger partial charge in [0.1, 0.15) is 6.04 Å². The Morgan fingerprint density at radius 1 is 1.28 bits per heavy atom. The van der Waals surface area contributed by atoms with Crippen LogP contribution in [0.15, 0.2) is 18.2 Å². The molecule has 1 unspecified atom stereocenters. The standard InChI is InChI=1S/C11H13Cl2N3O2/c1-6(10(17)16-11(18)14-2)15-9-4-3-7(12)5-8(9)13/h3-6,15H,1-2H3,(H2,14,16,17,18). The Morgan fingerprint density at radius 3 is 2.50 bits per heavy atom. The van der Waals surface area contributed by atoms with Gasteiger partial charge in [0.2, 0.25) is 5.91 Å². The van der Waals surface area contributed by atoms with Gasteiger partial charge < -0.3 is 10.6 Å². The molecule has 1 rings (SSSR count). The smallest absolute Gasteiger partial charge is 0.321 e.